The molecule has 8 heteroatoms. The largest absolute Gasteiger partial charge is 0.396 e. The smallest absolute Gasteiger partial charge is 0.350 e. The Labute approximate surface area is 214 Å². The van der Waals surface area contributed by atoms with Crippen LogP contribution in [0.5, 0.6) is 0 Å². The molecule has 0 bridgehead atoms. The van der Waals surface area contributed by atoms with Crippen LogP contribution in [0.3, 0.4) is 0 Å². The molecule has 0 heterocycles. The Morgan fingerprint density at radius 1 is 0.706 bits per heavy atom. The van der Waals surface area contributed by atoms with Gasteiger partial charge in [-0.2, -0.15) is 5.48 Å². The van der Waals surface area contributed by atoms with Crippen molar-refractivity contribution in [2.45, 2.75) is 135 Å². The molecule has 4 N–H and O–H groups in total. The Kier molecular flexibility index (Phi) is 26.2. The number of hydrogen-bond acceptors (Lipinski definition) is 6. The van der Waals surface area contributed by atoms with Gasteiger partial charge in [0.15, 0.2) is 0 Å². The van der Waals surface area contributed by atoms with Crippen LogP contribution in [-0.4, -0.2) is 47.4 Å². The van der Waals surface area contributed by atoms with E-state index in [-0.39, 0.29) is 44.4 Å². The van der Waals surface area contributed by atoms with Crippen molar-refractivity contribution in [2.24, 2.45) is 0 Å². The van der Waals surface area contributed by atoms with Crippen molar-refractivity contribution in [3.63, 3.8) is 0 Å². The van der Waals surface area contributed by atoms with E-state index in [1.54, 1.807) is 6.92 Å². The number of halogens is 1. The molecule has 0 aliphatic heterocycles. The fourth-order valence-corrected chi connectivity index (χ4v) is 4.11. The van der Waals surface area contributed by atoms with Crippen molar-refractivity contribution in [2.75, 3.05) is 19.8 Å². The molecule has 7 nitrogen and oxygen atoms in total. The maximum absolute atomic E-state index is 12.4. The summed E-state index contributed by atoms with van der Waals surface area (Å²) in [5.74, 6) is -0.933. The first-order chi connectivity index (χ1) is 16.1. The highest BCUT2D eigenvalue weighted by atomic mass is 35.5. The summed E-state index contributed by atoms with van der Waals surface area (Å²) in [5, 5.41) is 21.5. The molecule has 0 fully saturated rings. The first-order valence-electron chi connectivity index (χ1n) is 13.5. The van der Waals surface area contributed by atoms with Gasteiger partial charge < -0.3 is 20.4 Å². The second-order valence-electron chi connectivity index (χ2n) is 9.16. The summed E-state index contributed by atoms with van der Waals surface area (Å²) in [4.78, 5) is 29.8. The monoisotopic (exact) mass is 508 g/mol. The van der Waals surface area contributed by atoms with E-state index in [1.165, 1.54) is 77.0 Å². The molecule has 0 saturated heterocycles. The van der Waals surface area contributed by atoms with E-state index in [0.29, 0.717) is 13.0 Å². The molecule has 0 saturated carbocycles. The van der Waals surface area contributed by atoms with Crippen LogP contribution < -0.4 is 10.8 Å². The number of carbonyl (C=O) groups excluding carboxylic acids is 2. The van der Waals surface area contributed by atoms with Crippen molar-refractivity contribution >= 4 is 24.3 Å². The highest BCUT2D eigenvalue weighted by Gasteiger charge is 2.40. The normalized spacial score (nSPS) is 11.2. The summed E-state index contributed by atoms with van der Waals surface area (Å²) in [5.41, 5.74) is 1.07. The average molecular weight is 509 g/mol. The van der Waals surface area contributed by atoms with E-state index in [1.807, 2.05) is 0 Å². The molecule has 0 spiro atoms. The van der Waals surface area contributed by atoms with Gasteiger partial charge in [0.1, 0.15) is 5.54 Å². The minimum atomic E-state index is -1.40. The van der Waals surface area contributed by atoms with Crippen LogP contribution >= 0.6 is 12.4 Å². The lowest BCUT2D eigenvalue weighted by molar-refractivity contribution is -0.162. The van der Waals surface area contributed by atoms with E-state index in [9.17, 15) is 19.8 Å². The Hall–Kier alpha value is -0.890. The maximum Gasteiger partial charge on any atom is 0.350 e. The Balaban J connectivity index is 0. The van der Waals surface area contributed by atoms with E-state index in [4.69, 9.17) is 4.84 Å². The first-order valence-corrected chi connectivity index (χ1v) is 13.5. The van der Waals surface area contributed by atoms with Crippen molar-refractivity contribution in [1.29, 1.82) is 0 Å². The predicted molar refractivity (Wildman–Crippen MR) is 141 cm³/mol. The van der Waals surface area contributed by atoms with Gasteiger partial charge in [0.05, 0.1) is 0 Å². The van der Waals surface area contributed by atoms with Gasteiger partial charge in [-0.25, -0.2) is 4.79 Å². The van der Waals surface area contributed by atoms with E-state index < -0.39 is 11.5 Å². The Morgan fingerprint density at radius 2 is 1.12 bits per heavy atom. The van der Waals surface area contributed by atoms with E-state index in [0.717, 1.165) is 19.3 Å². The van der Waals surface area contributed by atoms with Gasteiger partial charge in [0.2, 0.25) is 5.91 Å². The number of unbranched alkanes of at least 4 members (excludes halogenated alkanes) is 14. The second-order valence-corrected chi connectivity index (χ2v) is 9.16. The van der Waals surface area contributed by atoms with Crippen LogP contribution in [0, 0.1) is 0 Å². The molecule has 0 aromatic carbocycles. The Morgan fingerprint density at radius 3 is 1.50 bits per heavy atom. The number of aliphatic hydroxyl groups excluding tert-OH is 2. The van der Waals surface area contributed by atoms with Gasteiger partial charge in [-0.1, -0.05) is 96.8 Å². The number of carbonyl (C=O) groups is 2. The molecule has 204 valence electrons. The zero-order valence-corrected chi connectivity index (χ0v) is 22.7. The van der Waals surface area contributed by atoms with Crippen molar-refractivity contribution in [3.05, 3.63) is 0 Å². The second kappa shape index (κ2) is 25.2. The lowest BCUT2D eigenvalue weighted by atomic mass is 9.91. The van der Waals surface area contributed by atoms with Gasteiger partial charge in [0.25, 0.3) is 0 Å². The van der Waals surface area contributed by atoms with Crippen LogP contribution in [0.2, 0.25) is 0 Å². The lowest BCUT2D eigenvalue weighted by Gasteiger charge is -2.31. The van der Waals surface area contributed by atoms with Crippen LogP contribution in [0.25, 0.3) is 0 Å². The topological polar surface area (TPSA) is 108 Å². The van der Waals surface area contributed by atoms with Crippen LogP contribution in [0.1, 0.15) is 129 Å². The summed E-state index contributed by atoms with van der Waals surface area (Å²) < 4.78 is 0. The highest BCUT2D eigenvalue weighted by Crippen LogP contribution is 2.19. The van der Waals surface area contributed by atoms with Gasteiger partial charge in [-0.15, -0.1) is 12.4 Å². The van der Waals surface area contributed by atoms with Crippen LogP contribution in [-0.2, 0) is 14.4 Å². The molecule has 0 aromatic rings. The summed E-state index contributed by atoms with van der Waals surface area (Å²) in [6.07, 6.45) is 19.3. The number of aliphatic hydroxyl groups is 2. The summed E-state index contributed by atoms with van der Waals surface area (Å²) in [6.45, 7) is 3.88. The zero-order valence-electron chi connectivity index (χ0n) is 21.9. The third kappa shape index (κ3) is 18.4. The predicted octanol–water partition coefficient (Wildman–Crippen LogP) is 5.36. The fourth-order valence-electron chi connectivity index (χ4n) is 4.11. The molecule has 0 aromatic heterocycles. The molecule has 0 rings (SSSR count). The van der Waals surface area contributed by atoms with Crippen LogP contribution in [0.4, 0.5) is 0 Å². The number of rotatable bonds is 24. The number of nitrogens with one attached hydrogen (secondary N) is 2. The molecule has 1 amide bonds. The van der Waals surface area contributed by atoms with Crippen molar-refractivity contribution < 1.29 is 24.6 Å². The van der Waals surface area contributed by atoms with Gasteiger partial charge in [-0.05, 0) is 13.3 Å². The summed E-state index contributed by atoms with van der Waals surface area (Å²) in [7, 11) is 0. The molecule has 0 aliphatic rings. The zero-order chi connectivity index (χ0) is 24.6. The van der Waals surface area contributed by atoms with Gasteiger partial charge in [0, 0.05) is 39.0 Å². The average Bonchev–Trinajstić information content (AvgIpc) is 2.80. The molecular formula is C26H53ClN2O5. The summed E-state index contributed by atoms with van der Waals surface area (Å²) in [6, 6.07) is 0. The third-order valence-corrected chi connectivity index (χ3v) is 6.16. The quantitative estimate of drug-likeness (QED) is 0.103. The number of hydrogen-bond donors (Lipinski definition) is 4. The number of hydroxylamine groups is 1. The molecular weight excluding hydrogens is 456 g/mol. The molecule has 34 heavy (non-hydrogen) atoms. The fraction of sp³-hybridized carbons (Fsp3) is 0.923. The third-order valence-electron chi connectivity index (χ3n) is 6.16. The minimum Gasteiger partial charge on any atom is -0.396 e. The number of amides is 1. The van der Waals surface area contributed by atoms with Gasteiger partial charge in [-0.3, -0.25) is 4.79 Å². The van der Waals surface area contributed by atoms with E-state index >= 15 is 0 Å². The summed E-state index contributed by atoms with van der Waals surface area (Å²) >= 11 is 0. The molecule has 0 atom stereocenters. The van der Waals surface area contributed by atoms with E-state index in [2.05, 4.69) is 17.7 Å². The van der Waals surface area contributed by atoms with Crippen LogP contribution in [0.15, 0.2) is 0 Å². The maximum atomic E-state index is 12.4. The first kappa shape index (κ1) is 35.3. The highest BCUT2D eigenvalue weighted by molar-refractivity contribution is 5.88. The standard InChI is InChI=1S/C26H52N2O5.ClH/c1-3-5-6-7-8-9-10-11-12-13-14-15-16-17-18-19-24(31)28-26(20-22-29,21-23-30)25(32)33-27-4-2;/h27,29-30H,3-23H2,1-2H3,(H,28,31);1H. The SMILES string of the molecule is CCCCCCCCCCCCCCCCCC(=O)NC(CCO)(CCO)C(=O)ONCC.Cl. The lowest BCUT2D eigenvalue weighted by Crippen LogP contribution is -2.57. The molecule has 0 radical (unpaired) electrons. The van der Waals surface area contributed by atoms with Crippen molar-refractivity contribution in [3.8, 4) is 0 Å². The van der Waals surface area contributed by atoms with Gasteiger partial charge >= 0.3 is 5.97 Å². The molecule has 0 aliphatic carbocycles. The molecule has 0 unspecified atom stereocenters. The Bertz CT molecular complexity index is 474. The van der Waals surface area contributed by atoms with Crippen molar-refractivity contribution in [1.82, 2.24) is 10.8 Å². The minimum absolute atomic E-state index is 0.